The van der Waals surface area contributed by atoms with Crippen LogP contribution in [0.3, 0.4) is 0 Å². The third-order valence-corrected chi connectivity index (χ3v) is 2.13. The molecular weight excluding hydrogens is 160 g/mol. The van der Waals surface area contributed by atoms with Crippen LogP contribution in [-0.2, 0) is 6.54 Å². The Morgan fingerprint density at radius 2 is 2.23 bits per heavy atom. The molecule has 2 nitrogen and oxygen atoms in total. The lowest BCUT2D eigenvalue weighted by Crippen LogP contribution is -2.02. The molecule has 2 rings (SSSR count). The first-order chi connectivity index (χ1) is 6.27. The second-order valence-corrected chi connectivity index (χ2v) is 3.80. The van der Waals surface area contributed by atoms with Gasteiger partial charge in [-0.05, 0) is 18.1 Å². The summed E-state index contributed by atoms with van der Waals surface area (Å²) in [6.45, 7) is 5.54. The lowest BCUT2D eigenvalue weighted by atomic mass is 10.2. The average molecular weight is 174 g/mol. The zero-order valence-electron chi connectivity index (χ0n) is 8.07. The number of fused-ring (bicyclic) bond motifs is 1. The summed E-state index contributed by atoms with van der Waals surface area (Å²) in [4.78, 5) is 4.09. The van der Waals surface area contributed by atoms with Crippen molar-refractivity contribution in [1.29, 1.82) is 0 Å². The van der Waals surface area contributed by atoms with Gasteiger partial charge in [0.2, 0.25) is 0 Å². The molecule has 2 heterocycles. The smallest absolute Gasteiger partial charge is 0.0511 e. The number of aromatic nitrogens is 2. The van der Waals surface area contributed by atoms with E-state index in [1.165, 1.54) is 10.9 Å². The predicted octanol–water partition coefficient (Wildman–Crippen LogP) is 2.69. The van der Waals surface area contributed by atoms with Crippen molar-refractivity contribution in [3.63, 3.8) is 0 Å². The quantitative estimate of drug-likeness (QED) is 0.684. The average Bonchev–Trinajstić information content (AvgIpc) is 2.48. The van der Waals surface area contributed by atoms with E-state index in [1.54, 1.807) is 0 Å². The van der Waals surface area contributed by atoms with E-state index >= 15 is 0 Å². The van der Waals surface area contributed by atoms with Gasteiger partial charge in [-0.15, -0.1) is 0 Å². The van der Waals surface area contributed by atoms with Gasteiger partial charge in [0, 0.05) is 30.5 Å². The van der Waals surface area contributed by atoms with E-state index in [0.717, 1.165) is 6.54 Å². The van der Waals surface area contributed by atoms with Crippen LogP contribution >= 0.6 is 0 Å². The number of hydrogen-bond donors (Lipinski definition) is 0. The van der Waals surface area contributed by atoms with E-state index in [1.807, 2.05) is 12.4 Å². The van der Waals surface area contributed by atoms with Crippen molar-refractivity contribution in [2.75, 3.05) is 0 Å². The van der Waals surface area contributed by atoms with E-state index in [2.05, 4.69) is 41.7 Å². The summed E-state index contributed by atoms with van der Waals surface area (Å²) in [5, 5.41) is 1.23. The molecule has 0 saturated carbocycles. The minimum Gasteiger partial charge on any atom is -0.347 e. The van der Waals surface area contributed by atoms with Gasteiger partial charge in [-0.2, -0.15) is 0 Å². The highest BCUT2D eigenvalue weighted by Crippen LogP contribution is 2.14. The lowest BCUT2D eigenvalue weighted by Gasteiger charge is -2.07. The molecule has 13 heavy (non-hydrogen) atoms. The first-order valence-corrected chi connectivity index (χ1v) is 4.66. The van der Waals surface area contributed by atoms with Crippen LogP contribution in [0.25, 0.3) is 10.9 Å². The molecule has 0 fully saturated rings. The van der Waals surface area contributed by atoms with E-state index in [0.29, 0.717) is 5.92 Å². The molecular formula is C11H14N2. The summed E-state index contributed by atoms with van der Waals surface area (Å²) in [6.07, 6.45) is 5.89. The second kappa shape index (κ2) is 3.21. The number of nitrogens with zero attached hydrogens (tertiary/aromatic N) is 2. The normalized spacial score (nSPS) is 11.3. The van der Waals surface area contributed by atoms with Crippen molar-refractivity contribution in [1.82, 2.24) is 9.55 Å². The predicted molar refractivity (Wildman–Crippen MR) is 54.6 cm³/mol. The van der Waals surface area contributed by atoms with Crippen LogP contribution < -0.4 is 0 Å². The molecule has 0 radical (unpaired) electrons. The Morgan fingerprint density at radius 1 is 1.38 bits per heavy atom. The molecule has 0 bridgehead atoms. The summed E-state index contributed by atoms with van der Waals surface area (Å²) < 4.78 is 2.28. The molecule has 0 atom stereocenters. The van der Waals surface area contributed by atoms with Gasteiger partial charge in [0.1, 0.15) is 0 Å². The summed E-state index contributed by atoms with van der Waals surface area (Å²) in [7, 11) is 0. The van der Waals surface area contributed by atoms with Crippen molar-refractivity contribution >= 4 is 10.9 Å². The van der Waals surface area contributed by atoms with Crippen LogP contribution in [0, 0.1) is 5.92 Å². The van der Waals surface area contributed by atoms with Crippen LogP contribution in [0.4, 0.5) is 0 Å². The van der Waals surface area contributed by atoms with E-state index in [-0.39, 0.29) is 0 Å². The number of pyridine rings is 1. The van der Waals surface area contributed by atoms with Gasteiger partial charge >= 0.3 is 0 Å². The topological polar surface area (TPSA) is 17.8 Å². The van der Waals surface area contributed by atoms with Gasteiger partial charge in [0.25, 0.3) is 0 Å². The Balaban J connectivity index is 2.46. The van der Waals surface area contributed by atoms with E-state index in [4.69, 9.17) is 0 Å². The molecule has 0 saturated heterocycles. The Kier molecular flexibility index (Phi) is 2.05. The molecule has 0 spiro atoms. The molecule has 0 aliphatic heterocycles. The summed E-state index contributed by atoms with van der Waals surface area (Å²) in [5.41, 5.74) is 1.28. The van der Waals surface area contributed by atoms with Gasteiger partial charge in [0.15, 0.2) is 0 Å². The van der Waals surface area contributed by atoms with Crippen LogP contribution in [0.5, 0.6) is 0 Å². The maximum Gasteiger partial charge on any atom is 0.0511 e. The fraction of sp³-hybridized carbons (Fsp3) is 0.364. The highest BCUT2D eigenvalue weighted by Gasteiger charge is 2.01. The van der Waals surface area contributed by atoms with Gasteiger partial charge in [-0.25, -0.2) is 0 Å². The van der Waals surface area contributed by atoms with E-state index < -0.39 is 0 Å². The molecule has 0 aliphatic rings. The zero-order valence-corrected chi connectivity index (χ0v) is 8.07. The molecule has 0 aliphatic carbocycles. The SMILES string of the molecule is CC(C)Cn1ccc2cnccc21. The van der Waals surface area contributed by atoms with Crippen LogP contribution in [0.1, 0.15) is 13.8 Å². The van der Waals surface area contributed by atoms with Gasteiger partial charge in [-0.3, -0.25) is 4.98 Å². The highest BCUT2D eigenvalue weighted by atomic mass is 15.0. The third kappa shape index (κ3) is 1.57. The van der Waals surface area contributed by atoms with Crippen LogP contribution in [0.15, 0.2) is 30.7 Å². The van der Waals surface area contributed by atoms with Crippen molar-refractivity contribution in [3.8, 4) is 0 Å². The molecule has 2 heteroatoms. The highest BCUT2D eigenvalue weighted by molar-refractivity contribution is 5.78. The zero-order chi connectivity index (χ0) is 9.26. The second-order valence-electron chi connectivity index (χ2n) is 3.80. The molecule has 2 aromatic heterocycles. The van der Waals surface area contributed by atoms with Crippen molar-refractivity contribution < 1.29 is 0 Å². The van der Waals surface area contributed by atoms with Crippen molar-refractivity contribution in [2.24, 2.45) is 5.92 Å². The molecule has 0 unspecified atom stereocenters. The molecule has 68 valence electrons. The summed E-state index contributed by atoms with van der Waals surface area (Å²) in [6, 6.07) is 4.18. The summed E-state index contributed by atoms with van der Waals surface area (Å²) in [5.74, 6) is 0.684. The first-order valence-electron chi connectivity index (χ1n) is 4.66. The molecule has 0 N–H and O–H groups in total. The maximum atomic E-state index is 4.09. The Labute approximate surface area is 78.2 Å². The summed E-state index contributed by atoms with van der Waals surface area (Å²) >= 11 is 0. The van der Waals surface area contributed by atoms with Gasteiger partial charge in [0.05, 0.1) is 5.52 Å². The number of rotatable bonds is 2. The number of hydrogen-bond acceptors (Lipinski definition) is 1. The molecule has 2 aromatic rings. The standard InChI is InChI=1S/C11H14N2/c1-9(2)8-13-6-4-10-7-12-5-3-11(10)13/h3-7,9H,8H2,1-2H3. The van der Waals surface area contributed by atoms with Crippen molar-refractivity contribution in [3.05, 3.63) is 30.7 Å². The van der Waals surface area contributed by atoms with Gasteiger partial charge in [-0.1, -0.05) is 13.8 Å². The van der Waals surface area contributed by atoms with Crippen LogP contribution in [0.2, 0.25) is 0 Å². The Bertz CT molecular complexity index is 401. The molecule has 0 aromatic carbocycles. The Hall–Kier alpha value is -1.31. The first kappa shape index (κ1) is 8.30. The maximum absolute atomic E-state index is 4.09. The van der Waals surface area contributed by atoms with Crippen LogP contribution in [-0.4, -0.2) is 9.55 Å². The Morgan fingerprint density at radius 3 is 3.00 bits per heavy atom. The largest absolute Gasteiger partial charge is 0.347 e. The van der Waals surface area contributed by atoms with E-state index in [9.17, 15) is 0 Å². The minimum atomic E-state index is 0.684. The fourth-order valence-corrected chi connectivity index (χ4v) is 1.59. The monoisotopic (exact) mass is 174 g/mol. The minimum absolute atomic E-state index is 0.684. The lowest BCUT2D eigenvalue weighted by molar-refractivity contribution is 0.535. The van der Waals surface area contributed by atoms with Crippen molar-refractivity contribution in [2.45, 2.75) is 20.4 Å². The molecule has 0 amide bonds. The third-order valence-electron chi connectivity index (χ3n) is 2.13. The fourth-order valence-electron chi connectivity index (χ4n) is 1.59. The van der Waals surface area contributed by atoms with Gasteiger partial charge < -0.3 is 4.57 Å².